The Balaban J connectivity index is 1.10. The van der Waals surface area contributed by atoms with Crippen LogP contribution in [0.5, 0.6) is 0 Å². The van der Waals surface area contributed by atoms with E-state index in [1.165, 1.54) is 0 Å². The molecule has 6 nitrogen and oxygen atoms in total. The summed E-state index contributed by atoms with van der Waals surface area (Å²) in [7, 11) is 0. The first-order valence-corrected chi connectivity index (χ1v) is 20.2. The Labute approximate surface area is 352 Å². The predicted molar refractivity (Wildman–Crippen MR) is 246 cm³/mol. The minimum absolute atomic E-state index is 0.590. The number of hydrogen-bond donors (Lipinski definition) is 0. The maximum Gasteiger partial charge on any atom is 0.164 e. The quantitative estimate of drug-likeness (QED) is 0.153. The molecule has 3 aromatic heterocycles. The van der Waals surface area contributed by atoms with E-state index < -0.39 is 0 Å². The molecule has 11 rings (SSSR count). The average molecular weight is 782 g/mol. The van der Waals surface area contributed by atoms with Gasteiger partial charge in [0, 0.05) is 49.7 Å². The lowest BCUT2D eigenvalue weighted by molar-refractivity contribution is 0.669. The third-order valence-electron chi connectivity index (χ3n) is 10.9. The van der Waals surface area contributed by atoms with Crippen LogP contribution < -0.4 is 0 Å². The van der Waals surface area contributed by atoms with Gasteiger partial charge in [-0.15, -0.1) is 0 Å². The van der Waals surface area contributed by atoms with E-state index in [4.69, 9.17) is 29.3 Å². The van der Waals surface area contributed by atoms with Crippen LogP contribution in [0.25, 0.3) is 112 Å². The van der Waals surface area contributed by atoms with Crippen molar-refractivity contribution in [2.24, 2.45) is 0 Å². The van der Waals surface area contributed by atoms with Crippen LogP contribution in [0.4, 0.5) is 0 Å². The van der Waals surface area contributed by atoms with Crippen molar-refractivity contribution in [2.75, 3.05) is 0 Å². The van der Waals surface area contributed by atoms with Gasteiger partial charge in [0.15, 0.2) is 23.3 Å². The first-order chi connectivity index (χ1) is 30.2. The summed E-state index contributed by atoms with van der Waals surface area (Å²) >= 11 is 0. The maximum atomic E-state index is 6.50. The van der Waals surface area contributed by atoms with Crippen LogP contribution in [0.2, 0.25) is 0 Å². The molecule has 0 aliphatic carbocycles. The molecule has 0 aliphatic rings. The molecule has 8 aromatic carbocycles. The fraction of sp³-hybridized carbons (Fsp3) is 0. The molecule has 0 atom stereocenters. The number of furan rings is 1. The molecule has 286 valence electrons. The minimum Gasteiger partial charge on any atom is -0.456 e. The van der Waals surface area contributed by atoms with Crippen molar-refractivity contribution in [1.29, 1.82) is 0 Å². The molecule has 0 spiro atoms. The highest BCUT2D eigenvalue weighted by Gasteiger charge is 2.20. The molecule has 0 saturated carbocycles. The fourth-order valence-corrected chi connectivity index (χ4v) is 8.02. The molecule has 0 unspecified atom stereocenters. The van der Waals surface area contributed by atoms with Gasteiger partial charge in [-0.2, -0.15) is 0 Å². The molecule has 6 heteroatoms. The number of hydrogen-bond acceptors (Lipinski definition) is 6. The van der Waals surface area contributed by atoms with Crippen molar-refractivity contribution < 1.29 is 4.42 Å². The Morgan fingerprint density at radius 2 is 0.705 bits per heavy atom. The predicted octanol–water partition coefficient (Wildman–Crippen LogP) is 13.9. The second-order valence-electron chi connectivity index (χ2n) is 14.9. The van der Waals surface area contributed by atoms with Crippen LogP contribution >= 0.6 is 0 Å². The third kappa shape index (κ3) is 6.92. The van der Waals surface area contributed by atoms with Crippen LogP contribution in [0.3, 0.4) is 0 Å². The topological polar surface area (TPSA) is 77.6 Å². The highest BCUT2D eigenvalue weighted by molar-refractivity contribution is 6.16. The van der Waals surface area contributed by atoms with E-state index in [-0.39, 0.29) is 0 Å². The monoisotopic (exact) mass is 781 g/mol. The van der Waals surface area contributed by atoms with Gasteiger partial charge in [0.2, 0.25) is 0 Å². The zero-order valence-corrected chi connectivity index (χ0v) is 32.9. The Morgan fingerprint density at radius 1 is 0.279 bits per heavy atom. The molecular formula is C55H35N5O. The van der Waals surface area contributed by atoms with Gasteiger partial charge >= 0.3 is 0 Å². The van der Waals surface area contributed by atoms with Crippen LogP contribution in [-0.2, 0) is 0 Å². The molecule has 0 radical (unpaired) electrons. The minimum atomic E-state index is 0.590. The number of benzene rings is 8. The van der Waals surface area contributed by atoms with Crippen molar-refractivity contribution in [1.82, 2.24) is 24.9 Å². The Bertz CT molecular complexity index is 3230. The van der Waals surface area contributed by atoms with Crippen molar-refractivity contribution in [3.63, 3.8) is 0 Å². The summed E-state index contributed by atoms with van der Waals surface area (Å²) in [6.07, 6.45) is 0. The van der Waals surface area contributed by atoms with E-state index in [1.54, 1.807) is 0 Å². The standard InChI is InChI=1S/C55H35N5O/c1-5-17-36(18-6-1)46-35-47(37-19-7-2-8-20-37)57-54(56-46)42-27-15-25-40(33-42)44-31-32-49-51(45-29-13-14-30-48(45)61-49)50(44)41-26-16-28-43(34-41)55-59-52(38-21-9-3-10-22-38)58-53(60-55)39-23-11-4-12-24-39/h1-35H. The first-order valence-electron chi connectivity index (χ1n) is 20.2. The van der Waals surface area contributed by atoms with E-state index in [1.807, 2.05) is 109 Å². The van der Waals surface area contributed by atoms with Crippen molar-refractivity contribution >= 4 is 21.9 Å². The smallest absolute Gasteiger partial charge is 0.164 e. The summed E-state index contributed by atoms with van der Waals surface area (Å²) < 4.78 is 6.50. The summed E-state index contributed by atoms with van der Waals surface area (Å²) in [6, 6.07) is 72.2. The lowest BCUT2D eigenvalue weighted by Crippen LogP contribution is -2.00. The second kappa shape index (κ2) is 15.4. The molecule has 0 N–H and O–H groups in total. The number of para-hydroxylation sites is 1. The summed E-state index contributed by atoms with van der Waals surface area (Å²) in [6.45, 7) is 0. The molecule has 0 aliphatic heterocycles. The van der Waals surface area contributed by atoms with Crippen LogP contribution in [0.15, 0.2) is 217 Å². The Hall–Kier alpha value is -8.35. The Morgan fingerprint density at radius 3 is 1.28 bits per heavy atom. The van der Waals surface area contributed by atoms with Crippen molar-refractivity contribution in [3.05, 3.63) is 212 Å². The van der Waals surface area contributed by atoms with Gasteiger partial charge in [0.05, 0.1) is 11.4 Å². The van der Waals surface area contributed by atoms with Gasteiger partial charge in [-0.3, -0.25) is 0 Å². The summed E-state index contributed by atoms with van der Waals surface area (Å²) in [5.41, 5.74) is 13.2. The van der Waals surface area contributed by atoms with Gasteiger partial charge in [0.1, 0.15) is 11.2 Å². The molecule has 0 amide bonds. The summed E-state index contributed by atoms with van der Waals surface area (Å²) in [5, 5.41) is 2.08. The van der Waals surface area contributed by atoms with E-state index in [2.05, 4.69) is 103 Å². The number of nitrogens with zero attached hydrogens (tertiary/aromatic N) is 5. The molecule has 11 aromatic rings. The highest BCUT2D eigenvalue weighted by Crippen LogP contribution is 2.44. The van der Waals surface area contributed by atoms with Gasteiger partial charge in [-0.25, -0.2) is 24.9 Å². The van der Waals surface area contributed by atoms with E-state index in [0.717, 1.165) is 89.0 Å². The Kier molecular flexibility index (Phi) is 9.06. The van der Waals surface area contributed by atoms with E-state index >= 15 is 0 Å². The summed E-state index contributed by atoms with van der Waals surface area (Å²) in [5.74, 6) is 2.47. The van der Waals surface area contributed by atoms with Gasteiger partial charge in [-0.05, 0) is 47.0 Å². The van der Waals surface area contributed by atoms with Gasteiger partial charge in [0.25, 0.3) is 0 Å². The molecule has 0 fully saturated rings. The lowest BCUT2D eigenvalue weighted by Gasteiger charge is -2.15. The lowest BCUT2D eigenvalue weighted by atomic mass is 9.89. The summed E-state index contributed by atoms with van der Waals surface area (Å²) in [4.78, 5) is 25.4. The maximum absolute atomic E-state index is 6.50. The van der Waals surface area contributed by atoms with Crippen molar-refractivity contribution in [3.8, 4) is 90.3 Å². The normalized spacial score (nSPS) is 11.3. The van der Waals surface area contributed by atoms with Crippen LogP contribution in [-0.4, -0.2) is 24.9 Å². The number of rotatable bonds is 8. The fourth-order valence-electron chi connectivity index (χ4n) is 8.02. The number of fused-ring (bicyclic) bond motifs is 3. The van der Waals surface area contributed by atoms with E-state index in [0.29, 0.717) is 23.3 Å². The van der Waals surface area contributed by atoms with Crippen molar-refractivity contribution in [2.45, 2.75) is 0 Å². The third-order valence-corrected chi connectivity index (χ3v) is 10.9. The molecule has 3 heterocycles. The zero-order chi connectivity index (χ0) is 40.5. The molecule has 0 bridgehead atoms. The van der Waals surface area contributed by atoms with Crippen LogP contribution in [0, 0.1) is 0 Å². The SMILES string of the molecule is c1ccc(-c2cc(-c3ccccc3)nc(-c3cccc(-c4ccc5oc6ccccc6c5c4-c4cccc(-c5nc(-c6ccccc6)nc(-c6ccccc6)n5)c4)c3)n2)cc1. The largest absolute Gasteiger partial charge is 0.456 e. The van der Waals surface area contributed by atoms with E-state index in [9.17, 15) is 0 Å². The van der Waals surface area contributed by atoms with Gasteiger partial charge < -0.3 is 4.42 Å². The molecule has 0 saturated heterocycles. The molecule has 61 heavy (non-hydrogen) atoms. The molecular weight excluding hydrogens is 747 g/mol. The van der Waals surface area contributed by atoms with Crippen LogP contribution in [0.1, 0.15) is 0 Å². The zero-order valence-electron chi connectivity index (χ0n) is 32.9. The number of aromatic nitrogens is 5. The van der Waals surface area contributed by atoms with Gasteiger partial charge in [-0.1, -0.05) is 182 Å². The second-order valence-corrected chi connectivity index (χ2v) is 14.9. The highest BCUT2D eigenvalue weighted by atomic mass is 16.3. The first kappa shape index (κ1) is 35.8. The average Bonchev–Trinajstić information content (AvgIpc) is 3.73.